The number of alkyl halides is 2. The third kappa shape index (κ3) is 3.73. The Balaban J connectivity index is 1.68. The van der Waals surface area contributed by atoms with Crippen molar-refractivity contribution in [3.63, 3.8) is 0 Å². The van der Waals surface area contributed by atoms with Gasteiger partial charge in [0.15, 0.2) is 0 Å². The Morgan fingerprint density at radius 2 is 2.16 bits per heavy atom. The van der Waals surface area contributed by atoms with E-state index in [4.69, 9.17) is 0 Å². The highest BCUT2D eigenvalue weighted by atomic mass is 19.3. The van der Waals surface area contributed by atoms with Gasteiger partial charge in [-0.1, -0.05) is 0 Å². The van der Waals surface area contributed by atoms with Crippen molar-refractivity contribution in [2.75, 3.05) is 19.6 Å². The van der Waals surface area contributed by atoms with E-state index in [1.165, 1.54) is 12.4 Å². The minimum absolute atomic E-state index is 0.127. The van der Waals surface area contributed by atoms with Gasteiger partial charge in [0.2, 0.25) is 5.91 Å². The standard InChI is InChI=1S/C12H18F2N4O/c13-12(14)18-8-5-16-10(18)9-15-4-3-11(19)17-6-1-2-7-17/h5,8,12,15H,1-4,6-7,9H2. The molecule has 1 amide bonds. The molecule has 1 N–H and O–H groups in total. The summed E-state index contributed by atoms with van der Waals surface area (Å²) in [6.45, 7) is -0.176. The second-order valence-corrected chi connectivity index (χ2v) is 4.54. The topological polar surface area (TPSA) is 50.2 Å². The summed E-state index contributed by atoms with van der Waals surface area (Å²) in [5, 5.41) is 2.97. The number of carbonyl (C=O) groups excluding carboxylic acids is 1. The molecule has 1 aromatic rings. The zero-order valence-electron chi connectivity index (χ0n) is 10.7. The van der Waals surface area contributed by atoms with Gasteiger partial charge in [0.05, 0.1) is 6.54 Å². The molecule has 2 rings (SSSR count). The van der Waals surface area contributed by atoms with Crippen LogP contribution in [0.5, 0.6) is 0 Å². The molecule has 0 atom stereocenters. The Kier molecular flexibility index (Phi) is 4.84. The zero-order valence-corrected chi connectivity index (χ0v) is 10.7. The fraction of sp³-hybridized carbons (Fsp3) is 0.667. The molecule has 5 nitrogen and oxygen atoms in total. The van der Waals surface area contributed by atoms with Crippen molar-refractivity contribution in [1.29, 1.82) is 0 Å². The highest BCUT2D eigenvalue weighted by Crippen LogP contribution is 2.12. The number of hydrogen-bond donors (Lipinski definition) is 1. The molecule has 0 radical (unpaired) electrons. The molecule has 1 saturated heterocycles. The van der Waals surface area contributed by atoms with E-state index < -0.39 is 6.55 Å². The first-order chi connectivity index (χ1) is 9.18. The number of halogens is 2. The monoisotopic (exact) mass is 272 g/mol. The first kappa shape index (κ1) is 13.9. The van der Waals surface area contributed by atoms with Crippen LogP contribution in [0.1, 0.15) is 31.6 Å². The molecular formula is C12H18F2N4O. The number of aromatic nitrogens is 2. The Bertz CT molecular complexity index is 416. The highest BCUT2D eigenvalue weighted by Gasteiger charge is 2.17. The smallest absolute Gasteiger partial charge is 0.319 e. The largest absolute Gasteiger partial charge is 0.343 e. The number of likely N-dealkylation sites (tertiary alicyclic amines) is 1. The van der Waals surface area contributed by atoms with E-state index >= 15 is 0 Å². The van der Waals surface area contributed by atoms with Gasteiger partial charge >= 0.3 is 6.55 Å². The molecule has 0 spiro atoms. The molecular weight excluding hydrogens is 254 g/mol. The summed E-state index contributed by atoms with van der Waals surface area (Å²) in [4.78, 5) is 17.4. The van der Waals surface area contributed by atoms with Crippen molar-refractivity contribution < 1.29 is 13.6 Å². The molecule has 1 aliphatic rings. The van der Waals surface area contributed by atoms with Crippen LogP contribution >= 0.6 is 0 Å². The number of carbonyl (C=O) groups is 1. The second-order valence-electron chi connectivity index (χ2n) is 4.54. The van der Waals surface area contributed by atoms with E-state index in [1.54, 1.807) is 0 Å². The lowest BCUT2D eigenvalue weighted by atomic mass is 10.3. The number of nitrogens with one attached hydrogen (secondary N) is 1. The molecule has 0 unspecified atom stereocenters. The van der Waals surface area contributed by atoms with Crippen LogP contribution in [0.2, 0.25) is 0 Å². The van der Waals surface area contributed by atoms with Crippen molar-refractivity contribution in [1.82, 2.24) is 19.8 Å². The van der Waals surface area contributed by atoms with E-state index in [1.807, 2.05) is 4.90 Å². The summed E-state index contributed by atoms with van der Waals surface area (Å²) in [5.41, 5.74) is 0. The van der Waals surface area contributed by atoms with Gasteiger partial charge in [-0.15, -0.1) is 0 Å². The minimum Gasteiger partial charge on any atom is -0.343 e. The summed E-state index contributed by atoms with van der Waals surface area (Å²) in [6.07, 6.45) is 5.14. The van der Waals surface area contributed by atoms with Crippen LogP contribution in [0.15, 0.2) is 12.4 Å². The Morgan fingerprint density at radius 1 is 1.42 bits per heavy atom. The average molecular weight is 272 g/mol. The summed E-state index contributed by atoms with van der Waals surface area (Å²) < 4.78 is 25.9. The van der Waals surface area contributed by atoms with Gasteiger partial charge in [-0.05, 0) is 12.8 Å². The summed E-state index contributed by atoms with van der Waals surface area (Å²) in [7, 11) is 0. The summed E-state index contributed by atoms with van der Waals surface area (Å²) in [5.74, 6) is 0.408. The normalized spacial score (nSPS) is 15.4. The van der Waals surface area contributed by atoms with Crippen molar-refractivity contribution in [3.8, 4) is 0 Å². The van der Waals surface area contributed by atoms with Crippen LogP contribution in [0.25, 0.3) is 0 Å². The Morgan fingerprint density at radius 3 is 2.84 bits per heavy atom. The Hall–Kier alpha value is -1.50. The van der Waals surface area contributed by atoms with Gasteiger partial charge in [-0.2, -0.15) is 8.78 Å². The van der Waals surface area contributed by atoms with Crippen molar-refractivity contribution >= 4 is 5.91 Å². The molecule has 19 heavy (non-hydrogen) atoms. The van der Waals surface area contributed by atoms with E-state index in [0.717, 1.165) is 30.5 Å². The van der Waals surface area contributed by atoms with Crippen LogP contribution in [0.4, 0.5) is 8.78 Å². The maximum absolute atomic E-state index is 12.5. The van der Waals surface area contributed by atoms with Crippen molar-refractivity contribution in [2.24, 2.45) is 0 Å². The predicted molar refractivity (Wildman–Crippen MR) is 65.6 cm³/mol. The number of imidazole rings is 1. The van der Waals surface area contributed by atoms with Gasteiger partial charge in [0, 0.05) is 38.4 Å². The maximum atomic E-state index is 12.5. The second kappa shape index (κ2) is 6.60. The SMILES string of the molecule is O=C(CCNCc1nccn1C(F)F)N1CCCC1. The molecule has 1 fully saturated rings. The summed E-state index contributed by atoms with van der Waals surface area (Å²) >= 11 is 0. The highest BCUT2D eigenvalue weighted by molar-refractivity contribution is 5.76. The molecule has 1 aliphatic heterocycles. The zero-order chi connectivity index (χ0) is 13.7. The predicted octanol–water partition coefficient (Wildman–Crippen LogP) is 1.38. The molecule has 7 heteroatoms. The van der Waals surface area contributed by atoms with E-state index in [9.17, 15) is 13.6 Å². The van der Waals surface area contributed by atoms with Crippen LogP contribution < -0.4 is 5.32 Å². The summed E-state index contributed by atoms with van der Waals surface area (Å²) in [6, 6.07) is 0. The third-order valence-electron chi connectivity index (χ3n) is 3.22. The van der Waals surface area contributed by atoms with Crippen molar-refractivity contribution in [2.45, 2.75) is 32.4 Å². The van der Waals surface area contributed by atoms with Gasteiger partial charge < -0.3 is 10.2 Å². The minimum atomic E-state index is -2.58. The fourth-order valence-corrected chi connectivity index (χ4v) is 2.18. The van der Waals surface area contributed by atoms with Gasteiger partial charge in [0.25, 0.3) is 0 Å². The average Bonchev–Trinajstić information content (AvgIpc) is 3.04. The molecule has 1 aromatic heterocycles. The molecule has 0 bridgehead atoms. The van der Waals surface area contributed by atoms with Crippen LogP contribution in [-0.2, 0) is 11.3 Å². The van der Waals surface area contributed by atoms with Crippen molar-refractivity contribution in [3.05, 3.63) is 18.2 Å². The van der Waals surface area contributed by atoms with Crippen LogP contribution in [0, 0.1) is 0 Å². The van der Waals surface area contributed by atoms with Gasteiger partial charge in [-0.25, -0.2) is 4.98 Å². The van der Waals surface area contributed by atoms with E-state index in [2.05, 4.69) is 10.3 Å². The number of amides is 1. The number of hydrogen-bond acceptors (Lipinski definition) is 3. The maximum Gasteiger partial charge on any atom is 0.319 e. The Labute approximate surface area is 110 Å². The number of nitrogens with zero attached hydrogens (tertiary/aromatic N) is 3. The lowest BCUT2D eigenvalue weighted by molar-refractivity contribution is -0.130. The van der Waals surface area contributed by atoms with Gasteiger partial charge in [0.1, 0.15) is 5.82 Å². The quantitative estimate of drug-likeness (QED) is 0.796. The molecule has 2 heterocycles. The first-order valence-corrected chi connectivity index (χ1v) is 6.47. The van der Waals surface area contributed by atoms with E-state index in [-0.39, 0.29) is 18.3 Å². The van der Waals surface area contributed by atoms with Crippen LogP contribution in [0.3, 0.4) is 0 Å². The lowest BCUT2D eigenvalue weighted by Crippen LogP contribution is -2.30. The molecule has 106 valence electrons. The third-order valence-corrected chi connectivity index (χ3v) is 3.22. The fourth-order valence-electron chi connectivity index (χ4n) is 2.18. The molecule has 0 aliphatic carbocycles. The molecule has 0 aromatic carbocycles. The lowest BCUT2D eigenvalue weighted by Gasteiger charge is -2.15. The van der Waals surface area contributed by atoms with E-state index in [0.29, 0.717) is 13.0 Å². The van der Waals surface area contributed by atoms with Gasteiger partial charge in [-0.3, -0.25) is 9.36 Å². The van der Waals surface area contributed by atoms with Crippen LogP contribution in [-0.4, -0.2) is 40.0 Å². The number of rotatable bonds is 6. The first-order valence-electron chi connectivity index (χ1n) is 6.47. The molecule has 0 saturated carbocycles.